The van der Waals surface area contributed by atoms with Gasteiger partial charge in [-0.2, -0.15) is 13.5 Å². The van der Waals surface area contributed by atoms with E-state index in [1.807, 2.05) is 62.6 Å². The zero-order valence-electron chi connectivity index (χ0n) is 23.6. The summed E-state index contributed by atoms with van der Waals surface area (Å²) in [7, 11) is 5.72. The molecule has 4 rings (SSSR count). The molecule has 1 atom stereocenters. The molecule has 8 nitrogen and oxygen atoms in total. The number of pyridine rings is 1. The van der Waals surface area contributed by atoms with E-state index in [4.69, 9.17) is 0 Å². The summed E-state index contributed by atoms with van der Waals surface area (Å²) in [4.78, 5) is 40.4. The second-order valence-corrected chi connectivity index (χ2v) is 10.0. The quantitative estimate of drug-likeness (QED) is 0.180. The number of amides is 1. The summed E-state index contributed by atoms with van der Waals surface area (Å²) in [6, 6.07) is 17.2. The van der Waals surface area contributed by atoms with Crippen molar-refractivity contribution in [3.8, 4) is 11.3 Å². The third-order valence-corrected chi connectivity index (χ3v) is 6.82. The Morgan fingerprint density at radius 3 is 2.48 bits per heavy atom. The van der Waals surface area contributed by atoms with E-state index >= 15 is 0 Å². The van der Waals surface area contributed by atoms with Crippen molar-refractivity contribution >= 4 is 41.9 Å². The minimum absolute atomic E-state index is 0. The van der Waals surface area contributed by atoms with E-state index in [-0.39, 0.29) is 31.1 Å². The van der Waals surface area contributed by atoms with E-state index in [1.54, 1.807) is 25.6 Å². The monoisotopic (exact) mass is 558 g/mol. The number of hydrogen-bond donors (Lipinski definition) is 2. The molecule has 0 aliphatic rings. The summed E-state index contributed by atoms with van der Waals surface area (Å²) in [5, 5.41) is 6.95. The third kappa shape index (κ3) is 7.64. The molecule has 1 amide bonds. The van der Waals surface area contributed by atoms with Crippen LogP contribution in [0.1, 0.15) is 58.4 Å². The van der Waals surface area contributed by atoms with Crippen LogP contribution < -0.4 is 10.6 Å². The van der Waals surface area contributed by atoms with Gasteiger partial charge in [-0.25, -0.2) is 9.97 Å². The number of hydrogen-bond acceptors (Lipinski definition) is 7. The largest absolute Gasteiger partial charge is 0.369 e. The number of ketones is 1. The Kier molecular flexibility index (Phi) is 11.2. The van der Waals surface area contributed by atoms with Crippen LogP contribution in [-0.4, -0.2) is 65.8 Å². The average Bonchev–Trinajstić information content (AvgIpc) is 2.97. The van der Waals surface area contributed by atoms with E-state index < -0.39 is 0 Å². The van der Waals surface area contributed by atoms with Gasteiger partial charge >= 0.3 is 0 Å². The van der Waals surface area contributed by atoms with Gasteiger partial charge in [-0.3, -0.25) is 14.6 Å². The number of aromatic nitrogens is 3. The number of nitrogens with one attached hydrogen (secondary N) is 2. The Hall–Kier alpha value is -3.82. The molecular formula is C31H38N6O2S. The van der Waals surface area contributed by atoms with Crippen LogP contribution in [0.25, 0.3) is 22.2 Å². The highest BCUT2D eigenvalue weighted by molar-refractivity contribution is 7.59. The number of nitrogens with zero attached hydrogens (tertiary/aromatic N) is 4. The Morgan fingerprint density at radius 2 is 1.75 bits per heavy atom. The Labute approximate surface area is 243 Å². The fraction of sp³-hybridized carbons (Fsp3) is 0.323. The molecule has 2 heterocycles. The lowest BCUT2D eigenvalue weighted by Crippen LogP contribution is -2.18. The van der Waals surface area contributed by atoms with Crippen molar-refractivity contribution in [1.29, 1.82) is 0 Å². The topological polar surface area (TPSA) is 100 Å². The van der Waals surface area contributed by atoms with Crippen LogP contribution in [0.5, 0.6) is 0 Å². The molecule has 0 aliphatic heterocycles. The number of para-hydroxylation sites is 1. The zero-order valence-corrected chi connectivity index (χ0v) is 24.6. The fourth-order valence-electron chi connectivity index (χ4n) is 4.59. The molecule has 0 saturated carbocycles. The number of unbranched alkanes of at least 4 members (excludes halogenated alkanes) is 1. The molecule has 40 heavy (non-hydrogen) atoms. The van der Waals surface area contributed by atoms with E-state index in [0.717, 1.165) is 52.7 Å². The highest BCUT2D eigenvalue weighted by Gasteiger charge is 2.15. The molecule has 2 N–H and O–H groups in total. The smallest absolute Gasteiger partial charge is 0.251 e. The molecule has 2 aromatic heterocycles. The van der Waals surface area contributed by atoms with Gasteiger partial charge in [0, 0.05) is 54.7 Å². The van der Waals surface area contributed by atoms with Crippen molar-refractivity contribution in [2.45, 2.75) is 32.1 Å². The van der Waals surface area contributed by atoms with Crippen molar-refractivity contribution in [2.24, 2.45) is 0 Å². The number of anilines is 1. The van der Waals surface area contributed by atoms with Crippen LogP contribution in [0.4, 0.5) is 5.82 Å². The molecule has 210 valence electrons. The SMILES string of the molecule is CNC(=O)c1ccnc2c([C@H](C)CNc3cc(-c4ccc(C(=O)CCCCN(C)C)cc4)ncn3)cccc12.S. The van der Waals surface area contributed by atoms with E-state index in [1.165, 1.54) is 0 Å². The molecule has 4 aromatic rings. The Balaban J connectivity index is 0.00000441. The predicted octanol–water partition coefficient (Wildman–Crippen LogP) is 5.29. The van der Waals surface area contributed by atoms with Crippen LogP contribution in [0.3, 0.4) is 0 Å². The number of benzene rings is 2. The molecule has 0 radical (unpaired) electrons. The van der Waals surface area contributed by atoms with Crippen molar-refractivity contribution in [2.75, 3.05) is 39.5 Å². The summed E-state index contributed by atoms with van der Waals surface area (Å²) in [6.07, 6.45) is 5.69. The van der Waals surface area contributed by atoms with Gasteiger partial charge < -0.3 is 15.5 Å². The maximum atomic E-state index is 12.5. The fourth-order valence-corrected chi connectivity index (χ4v) is 4.59. The van der Waals surface area contributed by atoms with Crippen LogP contribution in [0, 0.1) is 0 Å². The second-order valence-electron chi connectivity index (χ2n) is 10.0. The van der Waals surface area contributed by atoms with Gasteiger partial charge in [0.05, 0.1) is 16.8 Å². The summed E-state index contributed by atoms with van der Waals surface area (Å²) in [5.41, 5.74) is 4.94. The Morgan fingerprint density at radius 1 is 0.975 bits per heavy atom. The van der Waals surface area contributed by atoms with E-state index in [0.29, 0.717) is 24.3 Å². The lowest BCUT2D eigenvalue weighted by atomic mass is 9.96. The van der Waals surface area contributed by atoms with Crippen LogP contribution in [-0.2, 0) is 0 Å². The number of rotatable bonds is 12. The molecule has 0 fully saturated rings. The second kappa shape index (κ2) is 14.5. The van der Waals surface area contributed by atoms with E-state index in [2.05, 4.69) is 37.4 Å². The molecular weight excluding hydrogens is 520 g/mol. The molecule has 0 saturated heterocycles. The lowest BCUT2D eigenvalue weighted by molar-refractivity contribution is 0.0961. The Bertz CT molecular complexity index is 1440. The van der Waals surface area contributed by atoms with Crippen molar-refractivity contribution in [1.82, 2.24) is 25.2 Å². The molecule has 0 bridgehead atoms. The van der Waals surface area contributed by atoms with Crippen molar-refractivity contribution in [3.63, 3.8) is 0 Å². The van der Waals surface area contributed by atoms with Gasteiger partial charge in [0.1, 0.15) is 12.1 Å². The first-order chi connectivity index (χ1) is 18.9. The van der Waals surface area contributed by atoms with Crippen LogP contribution in [0.15, 0.2) is 67.1 Å². The van der Waals surface area contributed by atoms with Gasteiger partial charge in [-0.15, -0.1) is 0 Å². The number of carbonyl (C=O) groups is 2. The third-order valence-electron chi connectivity index (χ3n) is 6.82. The lowest BCUT2D eigenvalue weighted by Gasteiger charge is -2.16. The maximum absolute atomic E-state index is 12.5. The molecule has 0 unspecified atom stereocenters. The highest BCUT2D eigenvalue weighted by Crippen LogP contribution is 2.27. The van der Waals surface area contributed by atoms with Gasteiger partial charge in [0.15, 0.2) is 5.78 Å². The van der Waals surface area contributed by atoms with Crippen molar-refractivity contribution in [3.05, 3.63) is 83.8 Å². The summed E-state index contributed by atoms with van der Waals surface area (Å²) in [5.74, 6) is 0.871. The minimum Gasteiger partial charge on any atom is -0.369 e. The van der Waals surface area contributed by atoms with Gasteiger partial charge in [-0.1, -0.05) is 49.4 Å². The first kappa shape index (κ1) is 30.7. The molecule has 0 aliphatic carbocycles. The van der Waals surface area contributed by atoms with Crippen LogP contribution >= 0.6 is 13.5 Å². The normalized spacial score (nSPS) is 11.6. The maximum Gasteiger partial charge on any atom is 0.251 e. The van der Waals surface area contributed by atoms with Gasteiger partial charge in [0.2, 0.25) is 0 Å². The number of fused-ring (bicyclic) bond motifs is 1. The van der Waals surface area contributed by atoms with E-state index in [9.17, 15) is 9.59 Å². The van der Waals surface area contributed by atoms with Crippen LogP contribution in [0.2, 0.25) is 0 Å². The van der Waals surface area contributed by atoms with Gasteiger partial charge in [0.25, 0.3) is 5.91 Å². The number of carbonyl (C=O) groups excluding carboxylic acids is 2. The first-order valence-electron chi connectivity index (χ1n) is 13.3. The summed E-state index contributed by atoms with van der Waals surface area (Å²) < 4.78 is 0. The molecule has 0 spiro atoms. The summed E-state index contributed by atoms with van der Waals surface area (Å²) >= 11 is 0. The average molecular weight is 559 g/mol. The minimum atomic E-state index is -0.128. The zero-order chi connectivity index (χ0) is 27.8. The molecule has 2 aromatic carbocycles. The van der Waals surface area contributed by atoms with Gasteiger partial charge in [-0.05, 0) is 45.1 Å². The van der Waals surface area contributed by atoms with Crippen molar-refractivity contribution < 1.29 is 9.59 Å². The summed E-state index contributed by atoms with van der Waals surface area (Å²) in [6.45, 7) is 3.74. The number of Topliss-reactive ketones (excluding diaryl/α,β-unsaturated/α-hetero) is 1. The highest BCUT2D eigenvalue weighted by atomic mass is 32.1. The first-order valence-corrected chi connectivity index (χ1v) is 13.3. The predicted molar refractivity (Wildman–Crippen MR) is 167 cm³/mol. The standard InChI is InChI=1S/C31H36N6O2.H2S/c1-21(24-8-7-9-25-26(31(39)32-2)15-16-33-30(24)25)19-34-29-18-27(35-20-36-29)22-11-13-23(14-12-22)28(38)10-5-6-17-37(3)4;/h7-9,11-16,18,20-21H,5-6,10,17,19H2,1-4H3,(H,32,39)(H,34,35,36);1H2/t21-;/m1./s1. The molecule has 9 heteroatoms.